The number of ether oxygens (including phenoxy) is 1. The Morgan fingerprint density at radius 1 is 1.00 bits per heavy atom. The lowest BCUT2D eigenvalue weighted by atomic mass is 10.2. The summed E-state index contributed by atoms with van der Waals surface area (Å²) in [5.74, 6) is 0.813. The predicted molar refractivity (Wildman–Crippen MR) is 115 cm³/mol. The number of halogens is 1. The zero-order chi connectivity index (χ0) is 20.8. The lowest BCUT2D eigenvalue weighted by molar-refractivity contribution is 0.122. The minimum absolute atomic E-state index is 0.258. The van der Waals surface area contributed by atoms with E-state index in [0.717, 1.165) is 11.3 Å². The Morgan fingerprint density at radius 3 is 2.50 bits per heavy atom. The minimum Gasteiger partial charge on any atom is -0.378 e. The Balaban J connectivity index is 1.57. The molecule has 4 rings (SSSR count). The maximum absolute atomic E-state index is 13.8. The Hall–Kier alpha value is -3.59. The zero-order valence-electron chi connectivity index (χ0n) is 16.5. The topological polar surface area (TPSA) is 87.6 Å². The normalized spacial score (nSPS) is 14.1. The maximum Gasteiger partial charge on any atom is 0.250 e. The van der Waals surface area contributed by atoms with Crippen LogP contribution in [0.4, 0.5) is 27.9 Å². The third-order valence-corrected chi connectivity index (χ3v) is 4.50. The molecular weight excluding hydrogens is 385 g/mol. The van der Waals surface area contributed by atoms with Crippen molar-refractivity contribution < 1.29 is 9.13 Å². The van der Waals surface area contributed by atoms with Crippen LogP contribution in [0.3, 0.4) is 0 Å². The molecule has 0 radical (unpaired) electrons. The molecule has 0 bridgehead atoms. The van der Waals surface area contributed by atoms with E-state index in [2.05, 4.69) is 30.8 Å². The number of nitrogens with zero attached hydrogens (tertiary/aromatic N) is 5. The highest BCUT2D eigenvalue weighted by Crippen LogP contribution is 2.19. The van der Waals surface area contributed by atoms with Crippen molar-refractivity contribution in [1.29, 1.82) is 0 Å². The number of hydrogen-bond donors (Lipinski definition) is 2. The number of benzene rings is 2. The van der Waals surface area contributed by atoms with Crippen LogP contribution in [-0.2, 0) is 4.74 Å². The van der Waals surface area contributed by atoms with E-state index < -0.39 is 0 Å². The number of hydrogen-bond acceptors (Lipinski definition) is 8. The summed E-state index contributed by atoms with van der Waals surface area (Å²) in [6.07, 6.45) is 1.39. The van der Waals surface area contributed by atoms with Crippen LogP contribution in [0, 0.1) is 12.7 Å². The molecule has 8 nitrogen and oxygen atoms in total. The van der Waals surface area contributed by atoms with E-state index in [4.69, 9.17) is 4.74 Å². The van der Waals surface area contributed by atoms with Gasteiger partial charge in [0, 0.05) is 24.3 Å². The minimum atomic E-state index is -0.352. The number of hydrazone groups is 1. The first-order chi connectivity index (χ1) is 14.7. The van der Waals surface area contributed by atoms with Gasteiger partial charge in [-0.1, -0.05) is 35.9 Å². The Morgan fingerprint density at radius 2 is 1.73 bits per heavy atom. The zero-order valence-corrected chi connectivity index (χ0v) is 16.5. The van der Waals surface area contributed by atoms with Gasteiger partial charge in [-0.15, -0.1) is 0 Å². The molecule has 1 saturated heterocycles. The second-order valence-corrected chi connectivity index (χ2v) is 6.76. The Bertz CT molecular complexity index is 1020. The largest absolute Gasteiger partial charge is 0.378 e. The molecule has 0 unspecified atom stereocenters. The molecule has 1 fully saturated rings. The summed E-state index contributed by atoms with van der Waals surface area (Å²) in [7, 11) is 0. The van der Waals surface area contributed by atoms with Crippen LogP contribution in [0.5, 0.6) is 0 Å². The van der Waals surface area contributed by atoms with Crippen LogP contribution < -0.4 is 15.6 Å². The van der Waals surface area contributed by atoms with Gasteiger partial charge in [0.15, 0.2) is 0 Å². The monoisotopic (exact) mass is 407 g/mol. The molecule has 1 aromatic heterocycles. The summed E-state index contributed by atoms with van der Waals surface area (Å²) < 4.78 is 19.2. The first-order valence-corrected chi connectivity index (χ1v) is 9.63. The number of morpholine rings is 1. The molecule has 2 N–H and O–H groups in total. The van der Waals surface area contributed by atoms with E-state index in [1.807, 2.05) is 36.1 Å². The standard InChI is InChI=1S/C21H22FN7O/c1-15-6-8-17(9-7-15)24-19-25-20(27-21(26-19)29-10-12-30-13-11-29)28-23-14-16-4-2-3-5-18(16)22/h2-9,14H,10-13H2,1H3,(H2,24,25,26,27,28)/b23-14+. The summed E-state index contributed by atoms with van der Waals surface area (Å²) in [6, 6.07) is 14.3. The molecule has 1 aliphatic heterocycles. The van der Waals surface area contributed by atoms with E-state index in [1.54, 1.807) is 18.2 Å². The fraction of sp³-hybridized carbons (Fsp3) is 0.238. The Labute approximate surface area is 173 Å². The average molecular weight is 407 g/mol. The van der Waals surface area contributed by atoms with Gasteiger partial charge in [0.1, 0.15) is 5.82 Å². The van der Waals surface area contributed by atoms with E-state index in [0.29, 0.717) is 43.8 Å². The van der Waals surface area contributed by atoms with Crippen molar-refractivity contribution in [1.82, 2.24) is 15.0 Å². The van der Waals surface area contributed by atoms with Gasteiger partial charge in [-0.2, -0.15) is 20.1 Å². The molecular formula is C21H22FN7O. The summed E-state index contributed by atoms with van der Waals surface area (Å²) in [5.41, 5.74) is 5.17. The molecule has 0 aliphatic carbocycles. The lowest BCUT2D eigenvalue weighted by Gasteiger charge is -2.27. The first-order valence-electron chi connectivity index (χ1n) is 9.63. The number of aryl methyl sites for hydroxylation is 1. The number of aromatic nitrogens is 3. The molecule has 1 aliphatic rings. The van der Waals surface area contributed by atoms with Crippen LogP contribution in [0.25, 0.3) is 0 Å². The highest BCUT2D eigenvalue weighted by molar-refractivity contribution is 5.80. The summed E-state index contributed by atoms with van der Waals surface area (Å²) in [6.45, 7) is 4.62. The summed E-state index contributed by atoms with van der Waals surface area (Å²) >= 11 is 0. The smallest absolute Gasteiger partial charge is 0.250 e. The SMILES string of the molecule is Cc1ccc(Nc2nc(N/N=C/c3ccccc3F)nc(N3CCOCC3)n2)cc1. The third kappa shape index (κ3) is 5.06. The van der Waals surface area contributed by atoms with Crippen LogP contribution in [0.15, 0.2) is 53.6 Å². The van der Waals surface area contributed by atoms with E-state index in [1.165, 1.54) is 12.3 Å². The first kappa shape index (κ1) is 19.7. The predicted octanol–water partition coefficient (Wildman–Crippen LogP) is 3.35. The third-order valence-electron chi connectivity index (χ3n) is 4.50. The molecule has 3 aromatic rings. The fourth-order valence-electron chi connectivity index (χ4n) is 2.88. The second kappa shape index (κ2) is 9.27. The van der Waals surface area contributed by atoms with Crippen LogP contribution in [0.1, 0.15) is 11.1 Å². The molecule has 154 valence electrons. The quantitative estimate of drug-likeness (QED) is 0.479. The van der Waals surface area contributed by atoms with Crippen LogP contribution in [-0.4, -0.2) is 47.5 Å². The molecule has 9 heteroatoms. The molecule has 0 saturated carbocycles. The van der Waals surface area contributed by atoms with E-state index in [9.17, 15) is 4.39 Å². The van der Waals surface area contributed by atoms with Crippen molar-refractivity contribution in [2.45, 2.75) is 6.92 Å². The highest BCUT2D eigenvalue weighted by atomic mass is 19.1. The number of nitrogens with one attached hydrogen (secondary N) is 2. The summed E-state index contributed by atoms with van der Waals surface area (Å²) in [5, 5.41) is 7.28. The van der Waals surface area contributed by atoms with Gasteiger partial charge in [0.25, 0.3) is 0 Å². The molecule has 2 aromatic carbocycles. The highest BCUT2D eigenvalue weighted by Gasteiger charge is 2.16. The van der Waals surface area contributed by atoms with Crippen molar-refractivity contribution in [2.75, 3.05) is 41.9 Å². The molecule has 0 spiro atoms. The van der Waals surface area contributed by atoms with Crippen molar-refractivity contribution in [2.24, 2.45) is 5.10 Å². The van der Waals surface area contributed by atoms with Gasteiger partial charge in [-0.3, -0.25) is 0 Å². The number of anilines is 4. The van der Waals surface area contributed by atoms with E-state index in [-0.39, 0.29) is 11.8 Å². The molecule has 30 heavy (non-hydrogen) atoms. The lowest BCUT2D eigenvalue weighted by Crippen LogP contribution is -2.37. The molecule has 0 amide bonds. The van der Waals surface area contributed by atoms with Gasteiger partial charge in [-0.05, 0) is 25.1 Å². The van der Waals surface area contributed by atoms with Gasteiger partial charge in [0.2, 0.25) is 17.8 Å². The summed E-state index contributed by atoms with van der Waals surface area (Å²) in [4.78, 5) is 15.4. The van der Waals surface area contributed by atoms with Crippen LogP contribution in [0.2, 0.25) is 0 Å². The number of rotatable bonds is 6. The van der Waals surface area contributed by atoms with Crippen LogP contribution >= 0.6 is 0 Å². The van der Waals surface area contributed by atoms with Crippen molar-refractivity contribution in [3.63, 3.8) is 0 Å². The fourth-order valence-corrected chi connectivity index (χ4v) is 2.88. The molecule has 0 atom stereocenters. The van der Waals surface area contributed by atoms with Gasteiger partial charge in [-0.25, -0.2) is 9.82 Å². The maximum atomic E-state index is 13.8. The van der Waals surface area contributed by atoms with E-state index >= 15 is 0 Å². The van der Waals surface area contributed by atoms with Gasteiger partial charge >= 0.3 is 0 Å². The van der Waals surface area contributed by atoms with Gasteiger partial charge in [0.05, 0.1) is 19.4 Å². The second-order valence-electron chi connectivity index (χ2n) is 6.76. The van der Waals surface area contributed by atoms with Crippen molar-refractivity contribution >= 4 is 29.7 Å². The van der Waals surface area contributed by atoms with Gasteiger partial charge < -0.3 is 15.0 Å². The van der Waals surface area contributed by atoms with Crippen molar-refractivity contribution in [3.8, 4) is 0 Å². The average Bonchev–Trinajstić information content (AvgIpc) is 2.77. The molecule has 2 heterocycles. The Kier molecular flexibility index (Phi) is 6.09. The van der Waals surface area contributed by atoms with Crippen molar-refractivity contribution in [3.05, 3.63) is 65.5 Å².